The first-order chi connectivity index (χ1) is 9.67. The third-order valence-corrected chi connectivity index (χ3v) is 2.72. The van der Waals surface area contributed by atoms with Crippen molar-refractivity contribution in [3.63, 3.8) is 0 Å². The van der Waals surface area contributed by atoms with E-state index in [4.69, 9.17) is 9.26 Å². The number of nitrogens with zero attached hydrogens (tertiary/aromatic N) is 1. The first-order valence-electron chi connectivity index (χ1n) is 6.62. The van der Waals surface area contributed by atoms with Gasteiger partial charge in [-0.15, -0.1) is 0 Å². The molecule has 0 aliphatic carbocycles. The Kier molecular flexibility index (Phi) is 4.76. The average molecular weight is 274 g/mol. The topological polar surface area (TPSA) is 64.4 Å². The summed E-state index contributed by atoms with van der Waals surface area (Å²) in [7, 11) is 0. The summed E-state index contributed by atoms with van der Waals surface area (Å²) in [5, 5.41) is 6.26. The quantitative estimate of drug-likeness (QED) is 0.879. The van der Waals surface area contributed by atoms with Gasteiger partial charge in [0.1, 0.15) is 5.75 Å². The van der Waals surface area contributed by atoms with Gasteiger partial charge < -0.3 is 9.26 Å². The van der Waals surface area contributed by atoms with E-state index < -0.39 is 0 Å². The number of nitrogens with one attached hydrogen (secondary N) is 1. The molecule has 1 amide bonds. The van der Waals surface area contributed by atoms with Gasteiger partial charge in [0.25, 0.3) is 5.91 Å². The highest BCUT2D eigenvalue weighted by molar-refractivity contribution is 5.90. The summed E-state index contributed by atoms with van der Waals surface area (Å²) in [5.41, 5.74) is 1.98. The van der Waals surface area contributed by atoms with Crippen LogP contribution in [0.4, 0.5) is 5.88 Å². The van der Waals surface area contributed by atoms with Crippen LogP contribution in [0.15, 0.2) is 34.9 Å². The van der Waals surface area contributed by atoms with Gasteiger partial charge in [-0.25, -0.2) is 0 Å². The Bertz CT molecular complexity index is 561. The fraction of sp³-hybridized carbons (Fsp3) is 0.333. The molecule has 0 radical (unpaired) electrons. The molecule has 0 unspecified atom stereocenters. The Morgan fingerprint density at radius 2 is 2.10 bits per heavy atom. The van der Waals surface area contributed by atoms with Gasteiger partial charge in [0, 0.05) is 6.07 Å². The van der Waals surface area contributed by atoms with E-state index in [9.17, 15) is 4.79 Å². The molecule has 0 fully saturated rings. The molecule has 0 saturated heterocycles. The van der Waals surface area contributed by atoms with Crippen LogP contribution in [0.2, 0.25) is 0 Å². The Hall–Kier alpha value is -2.30. The van der Waals surface area contributed by atoms with Crippen LogP contribution in [0.1, 0.15) is 24.6 Å². The minimum Gasteiger partial charge on any atom is -0.484 e. The van der Waals surface area contributed by atoms with Crippen molar-refractivity contribution in [2.75, 3.05) is 11.9 Å². The van der Waals surface area contributed by atoms with E-state index in [0.717, 1.165) is 12.8 Å². The number of benzene rings is 1. The van der Waals surface area contributed by atoms with E-state index in [1.165, 1.54) is 5.56 Å². The number of aryl methyl sites for hydroxylation is 2. The smallest absolute Gasteiger partial charge is 0.264 e. The van der Waals surface area contributed by atoms with Crippen molar-refractivity contribution in [1.29, 1.82) is 0 Å². The molecule has 0 aliphatic heterocycles. The lowest BCUT2D eigenvalue weighted by molar-refractivity contribution is -0.118. The van der Waals surface area contributed by atoms with E-state index in [0.29, 0.717) is 17.3 Å². The molecule has 0 saturated carbocycles. The van der Waals surface area contributed by atoms with Crippen molar-refractivity contribution in [3.8, 4) is 5.75 Å². The second-order valence-corrected chi connectivity index (χ2v) is 4.56. The van der Waals surface area contributed by atoms with Crippen molar-refractivity contribution in [2.45, 2.75) is 26.7 Å². The highest BCUT2D eigenvalue weighted by atomic mass is 16.5. The van der Waals surface area contributed by atoms with Gasteiger partial charge in [0.05, 0.1) is 5.69 Å². The molecular weight excluding hydrogens is 256 g/mol. The molecule has 20 heavy (non-hydrogen) atoms. The van der Waals surface area contributed by atoms with Crippen LogP contribution < -0.4 is 10.1 Å². The van der Waals surface area contributed by atoms with Crippen LogP contribution >= 0.6 is 0 Å². The SMILES string of the molecule is CCCc1ccc(OCC(=O)Nc2cc(C)no2)cc1. The standard InChI is InChI=1S/C15H18N2O3/c1-3-4-12-5-7-13(8-6-12)19-10-14(18)16-15-9-11(2)17-20-15/h5-9H,3-4,10H2,1-2H3,(H,16,18). The van der Waals surface area contributed by atoms with Gasteiger partial charge in [-0.2, -0.15) is 0 Å². The number of amides is 1. The highest BCUT2D eigenvalue weighted by Gasteiger charge is 2.07. The summed E-state index contributed by atoms with van der Waals surface area (Å²) in [6.07, 6.45) is 2.16. The van der Waals surface area contributed by atoms with E-state index in [2.05, 4.69) is 17.4 Å². The minimum absolute atomic E-state index is 0.0626. The second kappa shape index (κ2) is 6.75. The van der Waals surface area contributed by atoms with Gasteiger partial charge in [0.2, 0.25) is 5.88 Å². The van der Waals surface area contributed by atoms with Crippen LogP contribution in [0.25, 0.3) is 0 Å². The largest absolute Gasteiger partial charge is 0.484 e. The van der Waals surface area contributed by atoms with Crippen LogP contribution in [0.3, 0.4) is 0 Å². The zero-order valence-corrected chi connectivity index (χ0v) is 11.7. The van der Waals surface area contributed by atoms with Crippen LogP contribution in [-0.2, 0) is 11.2 Å². The number of rotatable bonds is 6. The van der Waals surface area contributed by atoms with Crippen molar-refractivity contribution in [2.24, 2.45) is 0 Å². The highest BCUT2D eigenvalue weighted by Crippen LogP contribution is 2.13. The molecule has 0 spiro atoms. The Morgan fingerprint density at radius 1 is 1.35 bits per heavy atom. The predicted molar refractivity (Wildman–Crippen MR) is 75.8 cm³/mol. The number of carbonyl (C=O) groups is 1. The lowest BCUT2D eigenvalue weighted by Crippen LogP contribution is -2.19. The van der Waals surface area contributed by atoms with Gasteiger partial charge in [-0.3, -0.25) is 10.1 Å². The van der Waals surface area contributed by atoms with Gasteiger partial charge in [0.15, 0.2) is 6.61 Å². The van der Waals surface area contributed by atoms with Crippen molar-refractivity contribution >= 4 is 11.8 Å². The normalized spacial score (nSPS) is 10.3. The van der Waals surface area contributed by atoms with E-state index >= 15 is 0 Å². The van der Waals surface area contributed by atoms with Crippen molar-refractivity contribution < 1.29 is 14.1 Å². The van der Waals surface area contributed by atoms with Crippen molar-refractivity contribution in [3.05, 3.63) is 41.6 Å². The summed E-state index contributed by atoms with van der Waals surface area (Å²) in [6, 6.07) is 9.41. The maximum atomic E-state index is 11.6. The summed E-state index contributed by atoms with van der Waals surface area (Å²) in [5.74, 6) is 0.724. The number of anilines is 1. The summed E-state index contributed by atoms with van der Waals surface area (Å²) in [4.78, 5) is 11.6. The van der Waals surface area contributed by atoms with Crippen LogP contribution in [0, 0.1) is 6.92 Å². The third kappa shape index (κ3) is 4.12. The minimum atomic E-state index is -0.279. The van der Waals surface area contributed by atoms with Crippen LogP contribution in [-0.4, -0.2) is 17.7 Å². The monoisotopic (exact) mass is 274 g/mol. The molecule has 0 atom stereocenters. The molecule has 0 aliphatic rings. The molecule has 1 aromatic carbocycles. The molecule has 1 heterocycles. The lowest BCUT2D eigenvalue weighted by atomic mass is 10.1. The lowest BCUT2D eigenvalue weighted by Gasteiger charge is -2.06. The van der Waals surface area contributed by atoms with E-state index in [1.807, 2.05) is 24.3 Å². The zero-order chi connectivity index (χ0) is 14.4. The fourth-order valence-electron chi connectivity index (χ4n) is 1.79. The Balaban J connectivity index is 1.80. The maximum absolute atomic E-state index is 11.6. The molecule has 0 bridgehead atoms. The van der Waals surface area contributed by atoms with E-state index in [-0.39, 0.29) is 12.5 Å². The van der Waals surface area contributed by atoms with Gasteiger partial charge in [-0.1, -0.05) is 30.6 Å². The average Bonchev–Trinajstić information content (AvgIpc) is 2.84. The first kappa shape index (κ1) is 14.1. The number of carbonyl (C=O) groups excluding carboxylic acids is 1. The first-order valence-corrected chi connectivity index (χ1v) is 6.62. The number of hydrogen-bond donors (Lipinski definition) is 1. The van der Waals surface area contributed by atoms with E-state index in [1.54, 1.807) is 13.0 Å². The summed E-state index contributed by atoms with van der Waals surface area (Å²) >= 11 is 0. The number of aromatic nitrogens is 1. The number of hydrogen-bond acceptors (Lipinski definition) is 4. The molecule has 106 valence electrons. The second-order valence-electron chi connectivity index (χ2n) is 4.56. The molecule has 5 heteroatoms. The Morgan fingerprint density at radius 3 is 2.70 bits per heavy atom. The summed E-state index contributed by atoms with van der Waals surface area (Å²) in [6.45, 7) is 3.86. The molecule has 1 aromatic heterocycles. The van der Waals surface area contributed by atoms with Crippen LogP contribution in [0.5, 0.6) is 5.75 Å². The summed E-state index contributed by atoms with van der Waals surface area (Å²) < 4.78 is 10.3. The fourth-order valence-corrected chi connectivity index (χ4v) is 1.79. The van der Waals surface area contributed by atoms with Crippen molar-refractivity contribution in [1.82, 2.24) is 5.16 Å². The predicted octanol–water partition coefficient (Wildman–Crippen LogP) is 2.95. The van der Waals surface area contributed by atoms with Gasteiger partial charge >= 0.3 is 0 Å². The Labute approximate surface area is 117 Å². The molecule has 5 nitrogen and oxygen atoms in total. The molecule has 2 aromatic rings. The zero-order valence-electron chi connectivity index (χ0n) is 11.7. The molecular formula is C15H18N2O3. The third-order valence-electron chi connectivity index (χ3n) is 2.72. The van der Waals surface area contributed by atoms with Gasteiger partial charge in [-0.05, 0) is 31.0 Å². The molecule has 2 rings (SSSR count). The molecule has 1 N–H and O–H groups in total. The maximum Gasteiger partial charge on any atom is 0.264 e. The number of ether oxygens (including phenoxy) is 1.